The Labute approximate surface area is 180 Å². The second-order valence-electron chi connectivity index (χ2n) is 8.25. The summed E-state index contributed by atoms with van der Waals surface area (Å²) in [6.45, 7) is 2.29. The van der Waals surface area contributed by atoms with E-state index >= 15 is 0 Å². The topological polar surface area (TPSA) is 26.3 Å². The van der Waals surface area contributed by atoms with Crippen LogP contribution in [0.15, 0.2) is 30.3 Å². The molecule has 0 heterocycles. The van der Waals surface area contributed by atoms with Crippen LogP contribution in [0.2, 0.25) is 0 Å². The zero-order chi connectivity index (χ0) is 21.0. The van der Waals surface area contributed by atoms with Crippen molar-refractivity contribution in [2.24, 2.45) is 0 Å². The molecule has 0 saturated carbocycles. The van der Waals surface area contributed by atoms with Crippen molar-refractivity contribution >= 4 is 12.0 Å². The largest absolute Gasteiger partial charge is 0.465 e. The monoisotopic (exact) mass is 400 g/mol. The van der Waals surface area contributed by atoms with Crippen LogP contribution in [0.3, 0.4) is 0 Å². The summed E-state index contributed by atoms with van der Waals surface area (Å²) in [7, 11) is 1.41. The summed E-state index contributed by atoms with van der Waals surface area (Å²) in [6, 6.07) is 7.57. The normalized spacial score (nSPS) is 11.2. The number of benzene rings is 1. The fourth-order valence-electron chi connectivity index (χ4n) is 3.70. The molecule has 0 N–H and O–H groups in total. The van der Waals surface area contributed by atoms with Crippen molar-refractivity contribution in [3.05, 3.63) is 41.5 Å². The Kier molecular flexibility index (Phi) is 16.2. The van der Waals surface area contributed by atoms with Crippen molar-refractivity contribution in [1.82, 2.24) is 0 Å². The summed E-state index contributed by atoms with van der Waals surface area (Å²) >= 11 is 0. The highest BCUT2D eigenvalue weighted by molar-refractivity contribution is 5.89. The maximum Gasteiger partial charge on any atom is 0.337 e. The number of allylic oxidation sites excluding steroid dienone is 1. The molecule has 0 fully saturated rings. The minimum Gasteiger partial charge on any atom is -0.465 e. The average Bonchev–Trinajstić information content (AvgIpc) is 2.75. The lowest BCUT2D eigenvalue weighted by Crippen LogP contribution is -2.00. The molecule has 29 heavy (non-hydrogen) atoms. The molecule has 1 aromatic carbocycles. The molecule has 0 atom stereocenters. The van der Waals surface area contributed by atoms with Gasteiger partial charge in [0.05, 0.1) is 12.7 Å². The van der Waals surface area contributed by atoms with E-state index in [-0.39, 0.29) is 5.97 Å². The van der Waals surface area contributed by atoms with Crippen LogP contribution in [0.1, 0.15) is 126 Å². The molecule has 164 valence electrons. The summed E-state index contributed by atoms with van der Waals surface area (Å²) in [6.07, 6.45) is 26.6. The van der Waals surface area contributed by atoms with Gasteiger partial charge in [-0.25, -0.2) is 4.79 Å². The Hall–Kier alpha value is -1.57. The predicted molar refractivity (Wildman–Crippen MR) is 126 cm³/mol. The van der Waals surface area contributed by atoms with Crippen LogP contribution < -0.4 is 0 Å². The standard InChI is InChI=1S/C27H44O2/c1-3-4-5-6-7-8-9-10-11-12-13-14-15-16-17-18-19-20-25-21-23-26(24-22-25)27(28)29-2/h19-24H,3-18H2,1-2H3/b20-19-. The summed E-state index contributed by atoms with van der Waals surface area (Å²) in [5.74, 6) is -0.279. The Morgan fingerprint density at radius 3 is 1.62 bits per heavy atom. The van der Waals surface area contributed by atoms with E-state index in [9.17, 15) is 4.79 Å². The fourth-order valence-corrected chi connectivity index (χ4v) is 3.70. The molecule has 0 amide bonds. The van der Waals surface area contributed by atoms with Gasteiger partial charge in [0.25, 0.3) is 0 Å². The Morgan fingerprint density at radius 1 is 0.724 bits per heavy atom. The highest BCUT2D eigenvalue weighted by atomic mass is 16.5. The highest BCUT2D eigenvalue weighted by Crippen LogP contribution is 2.14. The summed E-state index contributed by atoms with van der Waals surface area (Å²) in [4.78, 5) is 11.4. The minimum absolute atomic E-state index is 0.279. The average molecular weight is 401 g/mol. The third-order valence-electron chi connectivity index (χ3n) is 5.62. The SMILES string of the molecule is CCCCCCCCCCCCCCCCC/C=C\c1ccc(C(=O)OC)cc1. The first-order valence-electron chi connectivity index (χ1n) is 12.1. The van der Waals surface area contributed by atoms with Gasteiger partial charge in [-0.2, -0.15) is 0 Å². The maximum absolute atomic E-state index is 11.4. The molecule has 0 aliphatic rings. The number of hydrogen-bond donors (Lipinski definition) is 0. The van der Waals surface area contributed by atoms with E-state index in [1.165, 1.54) is 103 Å². The first-order chi connectivity index (χ1) is 14.3. The first kappa shape index (κ1) is 25.5. The maximum atomic E-state index is 11.4. The molecule has 0 aliphatic heterocycles. The lowest BCUT2D eigenvalue weighted by Gasteiger charge is -2.03. The van der Waals surface area contributed by atoms with E-state index in [2.05, 4.69) is 19.1 Å². The smallest absolute Gasteiger partial charge is 0.337 e. The first-order valence-corrected chi connectivity index (χ1v) is 12.1. The summed E-state index contributed by atoms with van der Waals surface area (Å²) in [5, 5.41) is 0. The van der Waals surface area contributed by atoms with Crippen LogP contribution in [-0.2, 0) is 4.74 Å². The summed E-state index contributed by atoms with van der Waals surface area (Å²) in [5.41, 5.74) is 1.74. The zero-order valence-electron chi connectivity index (χ0n) is 19.1. The number of carbonyl (C=O) groups excluding carboxylic acids is 1. The number of hydrogen-bond acceptors (Lipinski definition) is 2. The van der Waals surface area contributed by atoms with Gasteiger partial charge in [-0.15, -0.1) is 0 Å². The molecular weight excluding hydrogens is 356 g/mol. The minimum atomic E-state index is -0.279. The predicted octanol–water partition coefficient (Wildman–Crippen LogP) is 8.75. The van der Waals surface area contributed by atoms with E-state index in [1.807, 2.05) is 24.3 Å². The van der Waals surface area contributed by atoms with Crippen LogP contribution in [0.5, 0.6) is 0 Å². The molecule has 2 nitrogen and oxygen atoms in total. The van der Waals surface area contributed by atoms with Crippen molar-refractivity contribution in [2.45, 2.75) is 110 Å². The Bertz CT molecular complexity index is 530. The molecule has 0 spiro atoms. The molecule has 2 heteroatoms. The van der Waals surface area contributed by atoms with Gasteiger partial charge in [0, 0.05) is 0 Å². The number of methoxy groups -OCH3 is 1. The van der Waals surface area contributed by atoms with E-state index in [0.717, 1.165) is 12.0 Å². The number of esters is 1. The molecule has 0 saturated heterocycles. The zero-order valence-corrected chi connectivity index (χ0v) is 19.1. The van der Waals surface area contributed by atoms with E-state index in [4.69, 9.17) is 4.74 Å². The van der Waals surface area contributed by atoms with Gasteiger partial charge >= 0.3 is 5.97 Å². The van der Waals surface area contributed by atoms with Gasteiger partial charge in [-0.3, -0.25) is 0 Å². The van der Waals surface area contributed by atoms with Crippen molar-refractivity contribution in [1.29, 1.82) is 0 Å². The van der Waals surface area contributed by atoms with Crippen LogP contribution in [0.4, 0.5) is 0 Å². The van der Waals surface area contributed by atoms with E-state index in [1.54, 1.807) is 0 Å². The van der Waals surface area contributed by atoms with Crippen LogP contribution >= 0.6 is 0 Å². The van der Waals surface area contributed by atoms with E-state index in [0.29, 0.717) is 5.56 Å². The highest BCUT2D eigenvalue weighted by Gasteiger charge is 2.02. The molecule has 0 bridgehead atoms. The van der Waals surface area contributed by atoms with Crippen LogP contribution in [-0.4, -0.2) is 13.1 Å². The fraction of sp³-hybridized carbons (Fsp3) is 0.667. The third kappa shape index (κ3) is 14.1. The molecule has 0 aromatic heterocycles. The quantitative estimate of drug-likeness (QED) is 0.182. The molecule has 0 unspecified atom stereocenters. The van der Waals surface area contributed by atoms with Gasteiger partial charge < -0.3 is 4.74 Å². The van der Waals surface area contributed by atoms with Crippen molar-refractivity contribution < 1.29 is 9.53 Å². The molecule has 0 radical (unpaired) electrons. The molecular formula is C27H44O2. The van der Waals surface area contributed by atoms with Gasteiger partial charge in [0.2, 0.25) is 0 Å². The molecule has 1 aromatic rings. The number of unbranched alkanes of at least 4 members (excludes halogenated alkanes) is 15. The number of rotatable bonds is 18. The lowest BCUT2D eigenvalue weighted by atomic mass is 10.0. The van der Waals surface area contributed by atoms with Gasteiger partial charge in [0.15, 0.2) is 0 Å². The van der Waals surface area contributed by atoms with Gasteiger partial charge in [-0.1, -0.05) is 121 Å². The summed E-state index contributed by atoms with van der Waals surface area (Å²) < 4.78 is 4.72. The van der Waals surface area contributed by atoms with Crippen molar-refractivity contribution in [3.8, 4) is 0 Å². The van der Waals surface area contributed by atoms with Crippen molar-refractivity contribution in [2.75, 3.05) is 7.11 Å². The van der Waals surface area contributed by atoms with Crippen molar-refractivity contribution in [3.63, 3.8) is 0 Å². The third-order valence-corrected chi connectivity index (χ3v) is 5.62. The second kappa shape index (κ2) is 18.5. The Balaban J connectivity index is 1.87. The molecule has 1 rings (SSSR count). The number of carbonyl (C=O) groups is 1. The second-order valence-corrected chi connectivity index (χ2v) is 8.25. The van der Waals surface area contributed by atoms with Gasteiger partial charge in [0.1, 0.15) is 0 Å². The van der Waals surface area contributed by atoms with Gasteiger partial charge in [-0.05, 0) is 30.5 Å². The molecule has 0 aliphatic carbocycles. The van der Waals surface area contributed by atoms with Crippen LogP contribution in [0.25, 0.3) is 6.08 Å². The lowest BCUT2D eigenvalue weighted by molar-refractivity contribution is 0.0600. The number of ether oxygens (including phenoxy) is 1. The Morgan fingerprint density at radius 2 is 1.17 bits per heavy atom. The van der Waals surface area contributed by atoms with E-state index < -0.39 is 0 Å². The van der Waals surface area contributed by atoms with Crippen LogP contribution in [0, 0.1) is 0 Å².